The lowest BCUT2D eigenvalue weighted by Crippen LogP contribution is -2.11. The van der Waals surface area contributed by atoms with Crippen LogP contribution in [-0.2, 0) is 4.74 Å². The molecule has 3 aromatic carbocycles. The SMILES string of the molecule is COC(=O)c1cn(C(=O)c2ccc3ccccc3c2)c2ccccc12. The molecular weight excluding hydrogens is 314 g/mol. The summed E-state index contributed by atoms with van der Waals surface area (Å²) in [6, 6.07) is 20.8. The van der Waals surface area contributed by atoms with Gasteiger partial charge in [-0.25, -0.2) is 4.79 Å². The highest BCUT2D eigenvalue weighted by Gasteiger charge is 2.19. The van der Waals surface area contributed by atoms with Gasteiger partial charge in [-0.05, 0) is 29.0 Å². The molecule has 0 radical (unpaired) electrons. The van der Waals surface area contributed by atoms with Crippen LogP contribution in [0.25, 0.3) is 21.7 Å². The minimum atomic E-state index is -0.457. The average Bonchev–Trinajstić information content (AvgIpc) is 3.06. The second kappa shape index (κ2) is 5.91. The van der Waals surface area contributed by atoms with Crippen LogP contribution in [0.3, 0.4) is 0 Å². The fourth-order valence-corrected chi connectivity index (χ4v) is 3.08. The first-order valence-electron chi connectivity index (χ1n) is 7.91. The van der Waals surface area contributed by atoms with E-state index in [1.54, 1.807) is 12.3 Å². The van der Waals surface area contributed by atoms with Crippen molar-refractivity contribution in [1.82, 2.24) is 4.57 Å². The molecule has 0 atom stereocenters. The van der Waals surface area contributed by atoms with Crippen LogP contribution < -0.4 is 0 Å². The van der Waals surface area contributed by atoms with Crippen LogP contribution in [0.1, 0.15) is 20.7 Å². The average molecular weight is 329 g/mol. The van der Waals surface area contributed by atoms with Crippen LogP contribution in [0.15, 0.2) is 72.9 Å². The Hall–Kier alpha value is -3.40. The molecule has 0 amide bonds. The lowest BCUT2D eigenvalue weighted by atomic mass is 10.1. The summed E-state index contributed by atoms with van der Waals surface area (Å²) in [5, 5.41) is 2.77. The highest BCUT2D eigenvalue weighted by molar-refractivity contribution is 6.10. The van der Waals surface area contributed by atoms with Gasteiger partial charge in [0.1, 0.15) is 0 Å². The molecule has 4 nitrogen and oxygen atoms in total. The minimum Gasteiger partial charge on any atom is -0.465 e. The van der Waals surface area contributed by atoms with Crippen molar-refractivity contribution in [2.24, 2.45) is 0 Å². The van der Waals surface area contributed by atoms with Gasteiger partial charge in [0.15, 0.2) is 0 Å². The number of hydrogen-bond acceptors (Lipinski definition) is 3. The van der Waals surface area contributed by atoms with Gasteiger partial charge < -0.3 is 4.74 Å². The van der Waals surface area contributed by atoms with Gasteiger partial charge >= 0.3 is 5.97 Å². The van der Waals surface area contributed by atoms with E-state index in [0.29, 0.717) is 22.0 Å². The number of para-hydroxylation sites is 1. The first-order chi connectivity index (χ1) is 12.2. The molecule has 1 aromatic heterocycles. The van der Waals surface area contributed by atoms with Gasteiger partial charge in [-0.1, -0.05) is 48.5 Å². The van der Waals surface area contributed by atoms with Gasteiger partial charge in [-0.3, -0.25) is 9.36 Å². The zero-order valence-electron chi connectivity index (χ0n) is 13.6. The van der Waals surface area contributed by atoms with Crippen LogP contribution in [-0.4, -0.2) is 23.6 Å². The van der Waals surface area contributed by atoms with Crippen molar-refractivity contribution in [2.45, 2.75) is 0 Å². The first kappa shape index (κ1) is 15.1. The molecular formula is C21H15NO3. The molecule has 0 bridgehead atoms. The molecule has 0 aliphatic carbocycles. The summed E-state index contributed by atoms with van der Waals surface area (Å²) in [7, 11) is 1.33. The van der Waals surface area contributed by atoms with Gasteiger partial charge in [-0.2, -0.15) is 0 Å². The van der Waals surface area contributed by atoms with Crippen molar-refractivity contribution in [1.29, 1.82) is 0 Å². The largest absolute Gasteiger partial charge is 0.465 e. The van der Waals surface area contributed by atoms with Gasteiger partial charge in [0.2, 0.25) is 0 Å². The van der Waals surface area contributed by atoms with E-state index in [0.717, 1.165) is 10.8 Å². The van der Waals surface area contributed by atoms with Crippen molar-refractivity contribution < 1.29 is 14.3 Å². The second-order valence-electron chi connectivity index (χ2n) is 5.79. The van der Waals surface area contributed by atoms with Crippen LogP contribution in [0.2, 0.25) is 0 Å². The second-order valence-corrected chi connectivity index (χ2v) is 5.79. The minimum absolute atomic E-state index is 0.183. The number of hydrogen-bond donors (Lipinski definition) is 0. The van der Waals surface area contributed by atoms with E-state index >= 15 is 0 Å². The molecule has 0 N–H and O–H groups in total. The van der Waals surface area contributed by atoms with Crippen LogP contribution in [0.4, 0.5) is 0 Å². The predicted octanol–water partition coefficient (Wildman–Crippen LogP) is 4.27. The molecule has 4 rings (SSSR count). The number of carbonyl (C=O) groups is 2. The van der Waals surface area contributed by atoms with Crippen molar-refractivity contribution in [2.75, 3.05) is 7.11 Å². The number of fused-ring (bicyclic) bond motifs is 2. The predicted molar refractivity (Wildman–Crippen MR) is 97.0 cm³/mol. The van der Waals surface area contributed by atoms with E-state index < -0.39 is 5.97 Å². The van der Waals surface area contributed by atoms with Gasteiger partial charge in [0, 0.05) is 17.1 Å². The first-order valence-corrected chi connectivity index (χ1v) is 7.91. The zero-order chi connectivity index (χ0) is 17.4. The molecule has 25 heavy (non-hydrogen) atoms. The highest BCUT2D eigenvalue weighted by atomic mass is 16.5. The maximum absolute atomic E-state index is 13.0. The van der Waals surface area contributed by atoms with Crippen molar-refractivity contribution in [3.63, 3.8) is 0 Å². The highest BCUT2D eigenvalue weighted by Crippen LogP contribution is 2.24. The third-order valence-corrected chi connectivity index (χ3v) is 4.33. The number of benzene rings is 3. The van der Waals surface area contributed by atoms with E-state index in [2.05, 4.69) is 0 Å². The Morgan fingerprint density at radius 2 is 1.60 bits per heavy atom. The van der Waals surface area contributed by atoms with Crippen LogP contribution in [0.5, 0.6) is 0 Å². The molecule has 0 spiro atoms. The van der Waals surface area contributed by atoms with E-state index in [1.807, 2.05) is 60.7 Å². The van der Waals surface area contributed by atoms with E-state index in [-0.39, 0.29) is 5.91 Å². The molecule has 0 fully saturated rings. The third kappa shape index (κ3) is 2.48. The Morgan fingerprint density at radius 1 is 0.880 bits per heavy atom. The topological polar surface area (TPSA) is 48.3 Å². The smallest absolute Gasteiger partial charge is 0.340 e. The standard InChI is InChI=1S/C21H15NO3/c1-25-21(24)18-13-22(19-9-5-4-8-17(18)19)20(23)16-11-10-14-6-2-3-7-15(14)12-16/h2-13H,1H3. The molecule has 0 aliphatic heterocycles. The molecule has 122 valence electrons. The quantitative estimate of drug-likeness (QED) is 0.516. The Bertz CT molecular complexity index is 1120. The van der Waals surface area contributed by atoms with E-state index in [9.17, 15) is 9.59 Å². The Labute approximate surface area is 144 Å². The lowest BCUT2D eigenvalue weighted by molar-refractivity contribution is 0.0603. The normalized spacial score (nSPS) is 10.9. The number of rotatable bonds is 2. The van der Waals surface area contributed by atoms with E-state index in [1.165, 1.54) is 11.7 Å². The number of methoxy groups -OCH3 is 1. The number of ether oxygens (including phenoxy) is 1. The van der Waals surface area contributed by atoms with Crippen LogP contribution >= 0.6 is 0 Å². The molecule has 0 saturated heterocycles. The summed E-state index contributed by atoms with van der Waals surface area (Å²) >= 11 is 0. The molecule has 0 aliphatic rings. The lowest BCUT2D eigenvalue weighted by Gasteiger charge is -2.05. The number of esters is 1. The monoisotopic (exact) mass is 329 g/mol. The summed E-state index contributed by atoms with van der Waals surface area (Å²) in [5.74, 6) is -0.640. The van der Waals surface area contributed by atoms with Crippen molar-refractivity contribution in [3.05, 3.63) is 84.1 Å². The van der Waals surface area contributed by atoms with Crippen molar-refractivity contribution >= 4 is 33.6 Å². The maximum Gasteiger partial charge on any atom is 0.340 e. The Morgan fingerprint density at radius 3 is 2.40 bits per heavy atom. The summed E-state index contributed by atoms with van der Waals surface area (Å²) < 4.78 is 6.34. The van der Waals surface area contributed by atoms with Gasteiger partial charge in [0.25, 0.3) is 5.91 Å². The number of nitrogens with zero attached hydrogens (tertiary/aromatic N) is 1. The fraction of sp³-hybridized carbons (Fsp3) is 0.0476. The summed E-state index contributed by atoms with van der Waals surface area (Å²) in [5.41, 5.74) is 1.63. The third-order valence-electron chi connectivity index (χ3n) is 4.33. The number of aromatic nitrogens is 1. The Balaban J connectivity index is 1.88. The molecule has 1 heterocycles. The number of carbonyl (C=O) groups excluding carboxylic acids is 2. The van der Waals surface area contributed by atoms with Crippen LogP contribution in [0, 0.1) is 0 Å². The molecule has 4 heteroatoms. The molecule has 4 aromatic rings. The summed E-state index contributed by atoms with van der Waals surface area (Å²) in [6.07, 6.45) is 1.55. The molecule has 0 saturated carbocycles. The summed E-state index contributed by atoms with van der Waals surface area (Å²) in [6.45, 7) is 0. The van der Waals surface area contributed by atoms with Gasteiger partial charge in [-0.15, -0.1) is 0 Å². The fourth-order valence-electron chi connectivity index (χ4n) is 3.08. The zero-order valence-corrected chi connectivity index (χ0v) is 13.6. The molecule has 0 unspecified atom stereocenters. The Kier molecular flexibility index (Phi) is 3.58. The maximum atomic E-state index is 13.0. The summed E-state index contributed by atoms with van der Waals surface area (Å²) in [4.78, 5) is 25.1. The van der Waals surface area contributed by atoms with E-state index in [4.69, 9.17) is 4.74 Å². The van der Waals surface area contributed by atoms with Crippen molar-refractivity contribution in [3.8, 4) is 0 Å². The van der Waals surface area contributed by atoms with Gasteiger partial charge in [0.05, 0.1) is 18.2 Å².